The lowest BCUT2D eigenvalue weighted by molar-refractivity contribution is 0.869. The van der Waals surface area contributed by atoms with Crippen molar-refractivity contribution < 1.29 is 0 Å². The quantitative estimate of drug-likeness (QED) is 0.495. The Hall–Kier alpha value is -2.34. The van der Waals surface area contributed by atoms with Crippen molar-refractivity contribution in [2.75, 3.05) is 16.5 Å². The Morgan fingerprint density at radius 3 is 2.47 bits per heavy atom. The molecular formula is C13H18N6. The van der Waals surface area contributed by atoms with E-state index in [4.69, 9.17) is 11.6 Å². The van der Waals surface area contributed by atoms with E-state index in [2.05, 4.69) is 40.6 Å². The van der Waals surface area contributed by atoms with Crippen LogP contribution in [0.25, 0.3) is 0 Å². The second kappa shape index (κ2) is 5.53. The van der Waals surface area contributed by atoms with Gasteiger partial charge in [-0.25, -0.2) is 5.84 Å². The molecule has 1 aromatic heterocycles. The number of hydrogen-bond donors (Lipinski definition) is 4. The first-order valence-corrected chi connectivity index (χ1v) is 6.07. The molecule has 2 aromatic rings. The Morgan fingerprint density at radius 1 is 1.11 bits per heavy atom. The van der Waals surface area contributed by atoms with Crippen LogP contribution < -0.4 is 22.3 Å². The number of aromatic nitrogens is 2. The summed E-state index contributed by atoms with van der Waals surface area (Å²) >= 11 is 0. The Morgan fingerprint density at radius 2 is 1.79 bits per heavy atom. The van der Waals surface area contributed by atoms with Crippen molar-refractivity contribution in [2.24, 2.45) is 5.84 Å². The molecule has 0 unspecified atom stereocenters. The van der Waals surface area contributed by atoms with Crippen molar-refractivity contribution in [3.8, 4) is 0 Å². The molecule has 0 aliphatic rings. The lowest BCUT2D eigenvalue weighted by Gasteiger charge is -2.14. The summed E-state index contributed by atoms with van der Waals surface area (Å²) in [7, 11) is 0. The van der Waals surface area contributed by atoms with E-state index >= 15 is 0 Å². The molecule has 100 valence electrons. The predicted molar refractivity (Wildman–Crippen MR) is 78.1 cm³/mol. The summed E-state index contributed by atoms with van der Waals surface area (Å²) in [4.78, 5) is 8.08. The molecule has 0 saturated heterocycles. The lowest BCUT2D eigenvalue weighted by Crippen LogP contribution is -2.11. The van der Waals surface area contributed by atoms with E-state index in [1.54, 1.807) is 6.07 Å². The molecular weight excluding hydrogens is 240 g/mol. The maximum absolute atomic E-state index is 5.63. The minimum Gasteiger partial charge on any atom is -0.368 e. The number of hydrogen-bond acceptors (Lipinski definition) is 6. The van der Waals surface area contributed by atoms with E-state index in [0.29, 0.717) is 17.6 Å². The van der Waals surface area contributed by atoms with Crippen molar-refractivity contribution >= 4 is 23.3 Å². The van der Waals surface area contributed by atoms with Crippen molar-refractivity contribution in [3.05, 3.63) is 35.9 Å². The lowest BCUT2D eigenvalue weighted by atomic mass is 10.0. The molecule has 1 aromatic carbocycles. The number of benzene rings is 1. The van der Waals surface area contributed by atoms with Crippen LogP contribution in [0.5, 0.6) is 0 Å². The Kier molecular flexibility index (Phi) is 3.82. The SMILES string of the molecule is CC(C)c1ccccc1Nc1cc(NN)nc(N)n1. The molecule has 19 heavy (non-hydrogen) atoms. The molecule has 0 radical (unpaired) electrons. The fraction of sp³-hybridized carbons (Fsp3) is 0.231. The normalized spacial score (nSPS) is 10.5. The van der Waals surface area contributed by atoms with Gasteiger partial charge in [-0.3, -0.25) is 0 Å². The predicted octanol–water partition coefficient (Wildman–Crippen LogP) is 2.21. The molecule has 0 atom stereocenters. The van der Waals surface area contributed by atoms with Crippen molar-refractivity contribution in [2.45, 2.75) is 19.8 Å². The average molecular weight is 258 g/mol. The third-order valence-electron chi connectivity index (χ3n) is 2.74. The zero-order valence-corrected chi connectivity index (χ0v) is 11.0. The minimum absolute atomic E-state index is 0.167. The Balaban J connectivity index is 2.33. The van der Waals surface area contributed by atoms with Gasteiger partial charge < -0.3 is 16.5 Å². The van der Waals surface area contributed by atoms with Crippen molar-refractivity contribution in [1.82, 2.24) is 9.97 Å². The van der Waals surface area contributed by atoms with Crippen LogP contribution in [0.2, 0.25) is 0 Å². The monoisotopic (exact) mass is 258 g/mol. The van der Waals surface area contributed by atoms with Gasteiger partial charge in [0.25, 0.3) is 0 Å². The fourth-order valence-electron chi connectivity index (χ4n) is 1.86. The highest BCUT2D eigenvalue weighted by Gasteiger charge is 2.07. The Bertz CT molecular complexity index is 567. The molecule has 0 aliphatic carbocycles. The molecule has 0 spiro atoms. The molecule has 6 heteroatoms. The summed E-state index contributed by atoms with van der Waals surface area (Å²) < 4.78 is 0. The van der Waals surface area contributed by atoms with E-state index in [1.165, 1.54) is 5.56 Å². The van der Waals surface area contributed by atoms with Gasteiger partial charge in [0, 0.05) is 11.8 Å². The van der Waals surface area contributed by atoms with Crippen LogP contribution in [-0.2, 0) is 0 Å². The van der Waals surface area contributed by atoms with Gasteiger partial charge in [-0.05, 0) is 17.5 Å². The maximum atomic E-state index is 5.63. The summed E-state index contributed by atoms with van der Waals surface area (Å²) in [6.45, 7) is 4.28. The Labute approximate surface area is 112 Å². The van der Waals surface area contributed by atoms with Gasteiger partial charge >= 0.3 is 0 Å². The number of hydrazine groups is 1. The fourth-order valence-corrected chi connectivity index (χ4v) is 1.86. The first-order chi connectivity index (χ1) is 9.10. The number of nitrogens with one attached hydrogen (secondary N) is 2. The van der Waals surface area contributed by atoms with E-state index in [0.717, 1.165) is 5.69 Å². The minimum atomic E-state index is 0.167. The van der Waals surface area contributed by atoms with E-state index in [1.807, 2.05) is 18.2 Å². The number of nitrogen functional groups attached to an aromatic ring is 2. The van der Waals surface area contributed by atoms with E-state index in [-0.39, 0.29) is 5.95 Å². The van der Waals surface area contributed by atoms with Gasteiger partial charge in [-0.15, -0.1) is 0 Å². The number of para-hydroxylation sites is 1. The summed E-state index contributed by atoms with van der Waals surface area (Å²) in [5, 5.41) is 3.24. The molecule has 6 nitrogen and oxygen atoms in total. The van der Waals surface area contributed by atoms with Crippen LogP contribution in [0.3, 0.4) is 0 Å². The second-order valence-electron chi connectivity index (χ2n) is 4.51. The number of anilines is 4. The van der Waals surface area contributed by atoms with Gasteiger partial charge in [0.2, 0.25) is 5.95 Å². The average Bonchev–Trinajstić information content (AvgIpc) is 2.38. The summed E-state index contributed by atoms with van der Waals surface area (Å²) in [5.41, 5.74) is 10.3. The number of nitrogens with zero attached hydrogens (tertiary/aromatic N) is 2. The highest BCUT2D eigenvalue weighted by atomic mass is 15.3. The van der Waals surface area contributed by atoms with Crippen LogP contribution >= 0.6 is 0 Å². The van der Waals surface area contributed by atoms with Gasteiger partial charge in [0.1, 0.15) is 11.6 Å². The van der Waals surface area contributed by atoms with Crippen LogP contribution in [0.15, 0.2) is 30.3 Å². The largest absolute Gasteiger partial charge is 0.368 e. The van der Waals surface area contributed by atoms with Gasteiger partial charge in [-0.2, -0.15) is 9.97 Å². The summed E-state index contributed by atoms with van der Waals surface area (Å²) in [6, 6.07) is 9.78. The molecule has 0 bridgehead atoms. The number of nitrogens with two attached hydrogens (primary N) is 2. The van der Waals surface area contributed by atoms with Gasteiger partial charge in [0.05, 0.1) is 0 Å². The molecule has 6 N–H and O–H groups in total. The molecule has 0 saturated carbocycles. The maximum Gasteiger partial charge on any atom is 0.223 e. The van der Waals surface area contributed by atoms with E-state index < -0.39 is 0 Å². The van der Waals surface area contributed by atoms with Crippen LogP contribution in [0, 0.1) is 0 Å². The van der Waals surface area contributed by atoms with Crippen LogP contribution in [-0.4, -0.2) is 9.97 Å². The zero-order valence-electron chi connectivity index (χ0n) is 11.0. The second-order valence-corrected chi connectivity index (χ2v) is 4.51. The van der Waals surface area contributed by atoms with Crippen molar-refractivity contribution in [1.29, 1.82) is 0 Å². The van der Waals surface area contributed by atoms with Gasteiger partial charge in [-0.1, -0.05) is 32.0 Å². The highest BCUT2D eigenvalue weighted by molar-refractivity contribution is 5.64. The third kappa shape index (κ3) is 3.11. The standard InChI is InChI=1S/C13H18N6/c1-8(2)9-5-3-4-6-10(9)16-11-7-12(19-15)18-13(14)17-11/h3-8H,15H2,1-2H3,(H4,14,16,17,18,19). The zero-order chi connectivity index (χ0) is 13.8. The molecule has 0 fully saturated rings. The highest BCUT2D eigenvalue weighted by Crippen LogP contribution is 2.26. The van der Waals surface area contributed by atoms with E-state index in [9.17, 15) is 0 Å². The van der Waals surface area contributed by atoms with Crippen LogP contribution in [0.4, 0.5) is 23.3 Å². The first kappa shape index (κ1) is 13.1. The number of rotatable bonds is 4. The topological polar surface area (TPSA) is 102 Å². The smallest absolute Gasteiger partial charge is 0.223 e. The van der Waals surface area contributed by atoms with Crippen molar-refractivity contribution in [3.63, 3.8) is 0 Å². The molecule has 1 heterocycles. The molecule has 0 amide bonds. The molecule has 2 rings (SSSR count). The summed E-state index contributed by atoms with van der Waals surface area (Å²) in [6.07, 6.45) is 0. The first-order valence-electron chi connectivity index (χ1n) is 6.07. The third-order valence-corrected chi connectivity index (χ3v) is 2.74. The summed E-state index contributed by atoms with van der Waals surface area (Å²) in [5.74, 6) is 6.99. The van der Waals surface area contributed by atoms with Crippen LogP contribution in [0.1, 0.15) is 25.3 Å². The van der Waals surface area contributed by atoms with Gasteiger partial charge in [0.15, 0.2) is 0 Å². The molecule has 0 aliphatic heterocycles.